The second-order valence-electron chi connectivity index (χ2n) is 2.75. The molecule has 0 radical (unpaired) electrons. The standard InChI is InChI=1S/C6H8O2S/c7-6(8)5-4-1-3(4)2-9-5/h3-5H,1-2H2,(H,7,8). The second-order valence-corrected chi connectivity index (χ2v) is 3.93. The summed E-state index contributed by atoms with van der Waals surface area (Å²) in [5.74, 6) is 1.77. The number of carboxylic acid groups (broad SMARTS) is 1. The van der Waals surface area contributed by atoms with Gasteiger partial charge in [0.05, 0.1) is 0 Å². The van der Waals surface area contributed by atoms with E-state index in [2.05, 4.69) is 0 Å². The molecule has 1 aliphatic carbocycles. The zero-order valence-electron chi connectivity index (χ0n) is 4.91. The van der Waals surface area contributed by atoms with Gasteiger partial charge in [0.1, 0.15) is 5.25 Å². The minimum atomic E-state index is -0.606. The Morgan fingerprint density at radius 2 is 2.44 bits per heavy atom. The maximum atomic E-state index is 10.4. The highest BCUT2D eigenvalue weighted by Crippen LogP contribution is 2.54. The minimum Gasteiger partial charge on any atom is -0.480 e. The number of aliphatic carboxylic acids is 1. The molecule has 2 rings (SSSR count). The van der Waals surface area contributed by atoms with Crippen LogP contribution in [0.2, 0.25) is 0 Å². The van der Waals surface area contributed by atoms with Crippen molar-refractivity contribution in [3.05, 3.63) is 0 Å². The number of hydrogen-bond donors (Lipinski definition) is 1. The van der Waals surface area contributed by atoms with Gasteiger partial charge in [0, 0.05) is 0 Å². The lowest BCUT2D eigenvalue weighted by Crippen LogP contribution is -2.15. The van der Waals surface area contributed by atoms with Gasteiger partial charge in [0.2, 0.25) is 0 Å². The summed E-state index contributed by atoms with van der Waals surface area (Å²) in [6, 6.07) is 0. The van der Waals surface area contributed by atoms with Crippen LogP contribution in [0.5, 0.6) is 0 Å². The predicted molar refractivity (Wildman–Crippen MR) is 35.5 cm³/mol. The molecule has 3 atom stereocenters. The normalized spacial score (nSPS) is 46.4. The number of carboxylic acids is 1. The molecule has 3 unspecified atom stereocenters. The molecule has 1 aliphatic heterocycles. The molecule has 3 heteroatoms. The van der Waals surface area contributed by atoms with Crippen molar-refractivity contribution in [1.82, 2.24) is 0 Å². The Hall–Kier alpha value is -0.180. The van der Waals surface area contributed by atoms with E-state index in [1.165, 1.54) is 6.42 Å². The van der Waals surface area contributed by atoms with Crippen LogP contribution in [0.4, 0.5) is 0 Å². The third-order valence-corrected chi connectivity index (χ3v) is 3.63. The molecule has 1 N–H and O–H groups in total. The van der Waals surface area contributed by atoms with E-state index in [1.54, 1.807) is 11.8 Å². The molecule has 0 bridgehead atoms. The Morgan fingerprint density at radius 3 is 2.67 bits per heavy atom. The Labute approximate surface area is 57.6 Å². The SMILES string of the molecule is O=C(O)C1SCC2CC21. The minimum absolute atomic E-state index is 0.0602. The zero-order valence-corrected chi connectivity index (χ0v) is 5.73. The van der Waals surface area contributed by atoms with E-state index < -0.39 is 5.97 Å². The van der Waals surface area contributed by atoms with Gasteiger partial charge >= 0.3 is 5.97 Å². The van der Waals surface area contributed by atoms with Crippen LogP contribution < -0.4 is 0 Å². The van der Waals surface area contributed by atoms with E-state index in [1.807, 2.05) is 0 Å². The third-order valence-electron chi connectivity index (χ3n) is 2.10. The van der Waals surface area contributed by atoms with Crippen LogP contribution in [0.25, 0.3) is 0 Å². The largest absolute Gasteiger partial charge is 0.480 e. The summed E-state index contributed by atoms with van der Waals surface area (Å²) < 4.78 is 0. The quantitative estimate of drug-likeness (QED) is 0.592. The van der Waals surface area contributed by atoms with E-state index in [4.69, 9.17) is 5.11 Å². The lowest BCUT2D eigenvalue weighted by molar-refractivity contribution is -0.136. The molecule has 0 amide bonds. The Balaban J connectivity index is 2.06. The Morgan fingerprint density at radius 1 is 1.67 bits per heavy atom. The number of hydrogen-bond acceptors (Lipinski definition) is 2. The van der Waals surface area contributed by atoms with Crippen LogP contribution >= 0.6 is 11.8 Å². The smallest absolute Gasteiger partial charge is 0.316 e. The van der Waals surface area contributed by atoms with Crippen LogP contribution in [0.1, 0.15) is 6.42 Å². The predicted octanol–water partition coefficient (Wildman–Crippen LogP) is 0.823. The van der Waals surface area contributed by atoms with E-state index >= 15 is 0 Å². The first-order valence-electron chi connectivity index (χ1n) is 3.13. The van der Waals surface area contributed by atoms with Gasteiger partial charge in [-0.3, -0.25) is 4.79 Å². The molecule has 0 spiro atoms. The van der Waals surface area contributed by atoms with Crippen molar-refractivity contribution in [3.63, 3.8) is 0 Å². The summed E-state index contributed by atoms with van der Waals surface area (Å²) in [4.78, 5) is 10.4. The van der Waals surface area contributed by atoms with E-state index in [9.17, 15) is 4.79 Å². The van der Waals surface area contributed by atoms with Gasteiger partial charge in [-0.15, -0.1) is 11.8 Å². The fourth-order valence-electron chi connectivity index (χ4n) is 1.44. The maximum absolute atomic E-state index is 10.4. The van der Waals surface area contributed by atoms with Gasteiger partial charge in [0.15, 0.2) is 0 Å². The highest BCUT2D eigenvalue weighted by Gasteiger charge is 2.51. The average molecular weight is 144 g/mol. The van der Waals surface area contributed by atoms with Crippen LogP contribution in [-0.4, -0.2) is 22.1 Å². The van der Waals surface area contributed by atoms with E-state index in [0.29, 0.717) is 5.92 Å². The molecule has 2 nitrogen and oxygen atoms in total. The molecule has 0 aromatic heterocycles. The molecule has 0 aromatic carbocycles. The molecular formula is C6H8O2S. The highest BCUT2D eigenvalue weighted by molar-refractivity contribution is 8.00. The van der Waals surface area contributed by atoms with Gasteiger partial charge in [0.25, 0.3) is 0 Å². The third kappa shape index (κ3) is 0.748. The second kappa shape index (κ2) is 1.66. The summed E-state index contributed by atoms with van der Waals surface area (Å²) in [6.07, 6.45) is 1.17. The molecular weight excluding hydrogens is 136 g/mol. The van der Waals surface area contributed by atoms with Gasteiger partial charge in [-0.05, 0) is 24.0 Å². The highest BCUT2D eigenvalue weighted by atomic mass is 32.2. The van der Waals surface area contributed by atoms with Crippen molar-refractivity contribution in [2.75, 3.05) is 5.75 Å². The first-order chi connectivity index (χ1) is 4.29. The summed E-state index contributed by atoms with van der Waals surface area (Å²) in [5.41, 5.74) is 0. The monoisotopic (exact) mass is 144 g/mol. The summed E-state index contributed by atoms with van der Waals surface area (Å²) in [7, 11) is 0. The van der Waals surface area contributed by atoms with Crippen molar-refractivity contribution in [3.8, 4) is 0 Å². The molecule has 1 saturated carbocycles. The number of fused-ring (bicyclic) bond motifs is 1. The van der Waals surface area contributed by atoms with Gasteiger partial charge in [-0.25, -0.2) is 0 Å². The lowest BCUT2D eigenvalue weighted by atomic mass is 10.2. The van der Waals surface area contributed by atoms with Crippen LogP contribution in [-0.2, 0) is 4.79 Å². The molecule has 1 saturated heterocycles. The fraction of sp³-hybridized carbons (Fsp3) is 0.833. The van der Waals surface area contributed by atoms with Crippen molar-refractivity contribution in [2.45, 2.75) is 11.7 Å². The van der Waals surface area contributed by atoms with Gasteiger partial charge < -0.3 is 5.11 Å². The maximum Gasteiger partial charge on any atom is 0.316 e. The lowest BCUT2D eigenvalue weighted by Gasteiger charge is -2.01. The van der Waals surface area contributed by atoms with E-state index in [-0.39, 0.29) is 5.25 Å². The van der Waals surface area contributed by atoms with Crippen molar-refractivity contribution in [1.29, 1.82) is 0 Å². The summed E-state index contributed by atoms with van der Waals surface area (Å²) in [6.45, 7) is 0. The van der Waals surface area contributed by atoms with Gasteiger partial charge in [-0.2, -0.15) is 0 Å². The molecule has 1 heterocycles. The molecule has 50 valence electrons. The molecule has 0 aromatic rings. The van der Waals surface area contributed by atoms with Crippen molar-refractivity contribution in [2.24, 2.45) is 11.8 Å². The Bertz CT molecular complexity index is 157. The van der Waals surface area contributed by atoms with Crippen LogP contribution in [0.3, 0.4) is 0 Å². The molecule has 2 aliphatic rings. The number of rotatable bonds is 1. The fourth-order valence-corrected chi connectivity index (χ4v) is 3.00. The number of carbonyl (C=O) groups is 1. The summed E-state index contributed by atoms with van der Waals surface area (Å²) >= 11 is 1.61. The van der Waals surface area contributed by atoms with Crippen LogP contribution in [0.15, 0.2) is 0 Å². The van der Waals surface area contributed by atoms with Crippen molar-refractivity contribution < 1.29 is 9.90 Å². The first-order valence-corrected chi connectivity index (χ1v) is 4.18. The first kappa shape index (κ1) is 5.59. The molecule has 9 heavy (non-hydrogen) atoms. The van der Waals surface area contributed by atoms with Crippen molar-refractivity contribution >= 4 is 17.7 Å². The van der Waals surface area contributed by atoms with Crippen LogP contribution in [0, 0.1) is 11.8 Å². The zero-order chi connectivity index (χ0) is 6.43. The van der Waals surface area contributed by atoms with E-state index in [0.717, 1.165) is 11.7 Å². The molecule has 2 fully saturated rings. The van der Waals surface area contributed by atoms with Gasteiger partial charge in [-0.1, -0.05) is 0 Å². The topological polar surface area (TPSA) is 37.3 Å². The summed E-state index contributed by atoms with van der Waals surface area (Å²) in [5, 5.41) is 8.53. The Kier molecular flexibility index (Phi) is 1.03. The average Bonchev–Trinajstić information content (AvgIpc) is 2.43. The number of thioether (sulfide) groups is 1.